The molecule has 3 atom stereocenters. The normalized spacial score (nSPS) is 35.8. The number of carbonyl (C=O) groups is 2. The molecule has 3 unspecified atom stereocenters. The van der Waals surface area contributed by atoms with Gasteiger partial charge in [0.25, 0.3) is 11.8 Å². The maximum atomic E-state index is 11.4. The third-order valence-corrected chi connectivity index (χ3v) is 4.04. The molecule has 1 saturated carbocycles. The number of rotatable bonds is 3. The van der Waals surface area contributed by atoms with E-state index in [-0.39, 0.29) is 11.8 Å². The molecule has 3 heteroatoms. The summed E-state index contributed by atoms with van der Waals surface area (Å²) in [6.45, 7) is 0.590. The lowest BCUT2D eigenvalue weighted by Gasteiger charge is -2.21. The van der Waals surface area contributed by atoms with Gasteiger partial charge < -0.3 is 0 Å². The topological polar surface area (TPSA) is 37.4 Å². The van der Waals surface area contributed by atoms with Gasteiger partial charge in [0.05, 0.1) is 0 Å². The number of carbonyl (C=O) groups excluding carboxylic acids is 2. The summed E-state index contributed by atoms with van der Waals surface area (Å²) in [5.74, 6) is 1.84. The van der Waals surface area contributed by atoms with Gasteiger partial charge in [-0.05, 0) is 37.0 Å². The second kappa shape index (κ2) is 3.58. The van der Waals surface area contributed by atoms with E-state index in [1.165, 1.54) is 29.9 Å². The van der Waals surface area contributed by atoms with Crippen LogP contribution in [0, 0.1) is 17.8 Å². The molecule has 2 bridgehead atoms. The first-order valence-corrected chi connectivity index (χ1v) is 5.96. The SMILES string of the molecule is O=C1C=CC(=O)N1CCC1CC2C=CC1C2. The van der Waals surface area contributed by atoms with Gasteiger partial charge in [-0.15, -0.1) is 0 Å². The standard InChI is InChI=1S/C13H15NO2/c15-12-3-4-13(16)14(12)6-5-11-8-9-1-2-10(11)7-9/h1-4,9-11H,5-8H2. The quantitative estimate of drug-likeness (QED) is 0.531. The Hall–Kier alpha value is -1.38. The predicted octanol–water partition coefficient (Wildman–Crippen LogP) is 1.51. The molecule has 3 nitrogen and oxygen atoms in total. The molecule has 1 aliphatic heterocycles. The summed E-state index contributed by atoms with van der Waals surface area (Å²) in [6.07, 6.45) is 10.8. The Labute approximate surface area is 94.8 Å². The highest BCUT2D eigenvalue weighted by atomic mass is 16.2. The highest BCUT2D eigenvalue weighted by Crippen LogP contribution is 2.44. The lowest BCUT2D eigenvalue weighted by Crippen LogP contribution is -2.32. The fourth-order valence-corrected chi connectivity index (χ4v) is 3.17. The molecule has 2 aliphatic carbocycles. The van der Waals surface area contributed by atoms with Crippen LogP contribution < -0.4 is 0 Å². The van der Waals surface area contributed by atoms with Gasteiger partial charge in [-0.1, -0.05) is 12.2 Å². The van der Waals surface area contributed by atoms with Gasteiger partial charge >= 0.3 is 0 Å². The number of hydrogen-bond donors (Lipinski definition) is 0. The van der Waals surface area contributed by atoms with E-state index in [2.05, 4.69) is 12.2 Å². The van der Waals surface area contributed by atoms with E-state index in [4.69, 9.17) is 0 Å². The Morgan fingerprint density at radius 2 is 1.88 bits per heavy atom. The third kappa shape index (κ3) is 1.51. The van der Waals surface area contributed by atoms with Gasteiger partial charge in [-0.2, -0.15) is 0 Å². The minimum Gasteiger partial charge on any atom is -0.275 e. The molecule has 0 spiro atoms. The molecule has 0 saturated heterocycles. The second-order valence-corrected chi connectivity index (χ2v) is 4.99. The number of imide groups is 1. The summed E-state index contributed by atoms with van der Waals surface area (Å²) < 4.78 is 0. The van der Waals surface area contributed by atoms with Crippen LogP contribution in [-0.2, 0) is 9.59 Å². The van der Waals surface area contributed by atoms with Crippen LogP contribution in [0.1, 0.15) is 19.3 Å². The van der Waals surface area contributed by atoms with Gasteiger partial charge in [0.2, 0.25) is 0 Å². The van der Waals surface area contributed by atoms with Crippen molar-refractivity contribution in [3.8, 4) is 0 Å². The van der Waals surface area contributed by atoms with Gasteiger partial charge in [0, 0.05) is 18.7 Å². The lowest BCUT2D eigenvalue weighted by atomic mass is 9.90. The van der Waals surface area contributed by atoms with E-state index >= 15 is 0 Å². The fourth-order valence-electron chi connectivity index (χ4n) is 3.17. The van der Waals surface area contributed by atoms with Crippen molar-refractivity contribution in [2.45, 2.75) is 19.3 Å². The van der Waals surface area contributed by atoms with Crippen molar-refractivity contribution in [2.75, 3.05) is 6.54 Å². The van der Waals surface area contributed by atoms with E-state index in [1.54, 1.807) is 0 Å². The van der Waals surface area contributed by atoms with E-state index in [0.29, 0.717) is 18.4 Å². The van der Waals surface area contributed by atoms with E-state index in [9.17, 15) is 9.59 Å². The van der Waals surface area contributed by atoms with Gasteiger partial charge in [0.1, 0.15) is 0 Å². The largest absolute Gasteiger partial charge is 0.275 e. The van der Waals surface area contributed by atoms with E-state index in [0.717, 1.165) is 12.3 Å². The van der Waals surface area contributed by atoms with Gasteiger partial charge in [-0.25, -0.2) is 0 Å². The summed E-state index contributed by atoms with van der Waals surface area (Å²) >= 11 is 0. The Bertz CT molecular complexity index is 379. The minimum atomic E-state index is -0.149. The van der Waals surface area contributed by atoms with Crippen molar-refractivity contribution in [1.29, 1.82) is 0 Å². The maximum Gasteiger partial charge on any atom is 0.253 e. The van der Waals surface area contributed by atoms with Gasteiger partial charge in [0.15, 0.2) is 0 Å². The fraction of sp³-hybridized carbons (Fsp3) is 0.538. The molecule has 0 aromatic heterocycles. The zero-order valence-corrected chi connectivity index (χ0v) is 9.13. The van der Waals surface area contributed by atoms with Crippen LogP contribution in [0.25, 0.3) is 0 Å². The summed E-state index contributed by atoms with van der Waals surface area (Å²) in [6, 6.07) is 0. The molecule has 2 amide bonds. The molecular weight excluding hydrogens is 202 g/mol. The number of nitrogens with zero attached hydrogens (tertiary/aromatic N) is 1. The van der Waals surface area contributed by atoms with Crippen molar-refractivity contribution in [2.24, 2.45) is 17.8 Å². The van der Waals surface area contributed by atoms with Crippen LogP contribution in [0.4, 0.5) is 0 Å². The first-order chi connectivity index (χ1) is 7.74. The second-order valence-electron chi connectivity index (χ2n) is 4.99. The minimum absolute atomic E-state index is 0.149. The Balaban J connectivity index is 1.56. The summed E-state index contributed by atoms with van der Waals surface area (Å²) in [5, 5.41) is 0. The van der Waals surface area contributed by atoms with Crippen LogP contribution in [0.15, 0.2) is 24.3 Å². The lowest BCUT2D eigenvalue weighted by molar-refractivity contribution is -0.136. The molecule has 3 rings (SSSR count). The summed E-state index contributed by atoms with van der Waals surface area (Å²) in [4.78, 5) is 24.1. The van der Waals surface area contributed by atoms with Crippen LogP contribution in [0.5, 0.6) is 0 Å². The average molecular weight is 217 g/mol. The molecule has 0 aromatic carbocycles. The molecule has 0 N–H and O–H groups in total. The van der Waals surface area contributed by atoms with Crippen molar-refractivity contribution >= 4 is 11.8 Å². The van der Waals surface area contributed by atoms with Crippen molar-refractivity contribution in [3.63, 3.8) is 0 Å². The van der Waals surface area contributed by atoms with Crippen LogP contribution in [0.2, 0.25) is 0 Å². The summed E-state index contributed by atoms with van der Waals surface area (Å²) in [5.41, 5.74) is 0. The zero-order valence-electron chi connectivity index (χ0n) is 9.13. The number of hydrogen-bond acceptors (Lipinski definition) is 2. The summed E-state index contributed by atoms with van der Waals surface area (Å²) in [7, 11) is 0. The molecule has 0 aromatic rings. The number of fused-ring (bicyclic) bond motifs is 2. The van der Waals surface area contributed by atoms with Crippen LogP contribution >= 0.6 is 0 Å². The first kappa shape index (κ1) is 9.82. The van der Waals surface area contributed by atoms with Crippen LogP contribution in [0.3, 0.4) is 0 Å². The van der Waals surface area contributed by atoms with E-state index in [1.807, 2.05) is 0 Å². The van der Waals surface area contributed by atoms with Crippen molar-refractivity contribution in [1.82, 2.24) is 4.90 Å². The Kier molecular flexibility index (Phi) is 2.20. The molecule has 3 aliphatic rings. The molecular formula is C13H15NO2. The number of amides is 2. The average Bonchev–Trinajstić information content (AvgIpc) is 2.94. The monoisotopic (exact) mass is 217 g/mol. The highest BCUT2D eigenvalue weighted by molar-refractivity contribution is 6.12. The molecule has 16 heavy (non-hydrogen) atoms. The van der Waals surface area contributed by atoms with Gasteiger partial charge in [-0.3, -0.25) is 14.5 Å². The van der Waals surface area contributed by atoms with Crippen LogP contribution in [-0.4, -0.2) is 23.3 Å². The highest BCUT2D eigenvalue weighted by Gasteiger charge is 2.36. The van der Waals surface area contributed by atoms with E-state index < -0.39 is 0 Å². The molecule has 1 fully saturated rings. The van der Waals surface area contributed by atoms with Crippen molar-refractivity contribution in [3.05, 3.63) is 24.3 Å². The maximum absolute atomic E-state index is 11.4. The molecule has 84 valence electrons. The smallest absolute Gasteiger partial charge is 0.253 e. The number of allylic oxidation sites excluding steroid dienone is 2. The third-order valence-electron chi connectivity index (χ3n) is 4.04. The Morgan fingerprint density at radius 1 is 1.12 bits per heavy atom. The van der Waals surface area contributed by atoms with Crippen molar-refractivity contribution < 1.29 is 9.59 Å². The predicted molar refractivity (Wildman–Crippen MR) is 59.3 cm³/mol. The molecule has 1 heterocycles. The first-order valence-electron chi connectivity index (χ1n) is 5.96. The zero-order chi connectivity index (χ0) is 11.1. The Morgan fingerprint density at radius 3 is 2.44 bits per heavy atom. The molecule has 0 radical (unpaired) electrons.